The fourth-order valence-corrected chi connectivity index (χ4v) is 1.30. The smallest absolute Gasteiger partial charge is 0.312 e. The molecule has 76 valence electrons. The number of carboxylic acids is 1. The lowest BCUT2D eigenvalue weighted by Crippen LogP contribution is -2.22. The van der Waals surface area contributed by atoms with Crippen LogP contribution in [0.5, 0.6) is 0 Å². The van der Waals surface area contributed by atoms with Crippen molar-refractivity contribution in [3.63, 3.8) is 0 Å². The van der Waals surface area contributed by atoms with Gasteiger partial charge in [-0.25, -0.2) is 4.39 Å². The Kier molecular flexibility index (Phi) is 3.19. The van der Waals surface area contributed by atoms with Gasteiger partial charge in [0.05, 0.1) is 5.92 Å². The number of hydrogen-bond acceptors (Lipinski definition) is 2. The predicted octanol–water partition coefficient (Wildman–Crippen LogP) is 1.26. The van der Waals surface area contributed by atoms with Gasteiger partial charge in [-0.05, 0) is 12.5 Å². The van der Waals surface area contributed by atoms with Gasteiger partial charge in [0.1, 0.15) is 5.82 Å². The standard InChI is InChI=1S/C10H12FNO2/c1-6-3-2-4-7(9(6)11)8(5-12)10(13)14/h2-4,8H,5,12H2,1H3,(H,13,14). The lowest BCUT2D eigenvalue weighted by atomic mass is 9.97. The highest BCUT2D eigenvalue weighted by Gasteiger charge is 2.21. The third-order valence-corrected chi connectivity index (χ3v) is 2.13. The molecule has 0 radical (unpaired) electrons. The molecule has 3 N–H and O–H groups in total. The molecule has 0 bridgehead atoms. The second kappa shape index (κ2) is 4.19. The summed E-state index contributed by atoms with van der Waals surface area (Å²) >= 11 is 0. The Bertz CT molecular complexity index is 352. The molecule has 14 heavy (non-hydrogen) atoms. The Labute approximate surface area is 81.4 Å². The molecule has 1 aromatic carbocycles. The molecule has 0 saturated carbocycles. The van der Waals surface area contributed by atoms with Crippen molar-refractivity contribution in [1.29, 1.82) is 0 Å². The summed E-state index contributed by atoms with van der Waals surface area (Å²) in [5.74, 6) is -2.54. The van der Waals surface area contributed by atoms with Crippen LogP contribution in [-0.4, -0.2) is 17.6 Å². The van der Waals surface area contributed by atoms with Crippen LogP contribution < -0.4 is 5.73 Å². The highest BCUT2D eigenvalue weighted by atomic mass is 19.1. The van der Waals surface area contributed by atoms with Crippen molar-refractivity contribution in [2.24, 2.45) is 5.73 Å². The maximum absolute atomic E-state index is 13.5. The van der Waals surface area contributed by atoms with E-state index in [2.05, 4.69) is 0 Å². The molecule has 0 aliphatic carbocycles. The van der Waals surface area contributed by atoms with Crippen LogP contribution in [0.1, 0.15) is 17.0 Å². The second-order valence-corrected chi connectivity index (χ2v) is 3.10. The van der Waals surface area contributed by atoms with Crippen molar-refractivity contribution in [2.45, 2.75) is 12.8 Å². The topological polar surface area (TPSA) is 63.3 Å². The van der Waals surface area contributed by atoms with Gasteiger partial charge in [0.25, 0.3) is 0 Å². The van der Waals surface area contributed by atoms with Gasteiger partial charge < -0.3 is 10.8 Å². The third kappa shape index (κ3) is 1.90. The predicted molar refractivity (Wildman–Crippen MR) is 50.6 cm³/mol. The lowest BCUT2D eigenvalue weighted by Gasteiger charge is -2.11. The van der Waals surface area contributed by atoms with Crippen molar-refractivity contribution >= 4 is 5.97 Å². The Morgan fingerprint density at radius 3 is 2.79 bits per heavy atom. The molecule has 0 amide bonds. The first-order chi connectivity index (χ1) is 6.57. The number of rotatable bonds is 3. The first-order valence-corrected chi connectivity index (χ1v) is 4.25. The molecule has 1 rings (SSSR count). The van der Waals surface area contributed by atoms with Crippen molar-refractivity contribution in [3.05, 3.63) is 35.1 Å². The average molecular weight is 197 g/mol. The molecule has 1 aromatic rings. The lowest BCUT2D eigenvalue weighted by molar-refractivity contribution is -0.138. The number of carboxylic acid groups (broad SMARTS) is 1. The van der Waals surface area contributed by atoms with E-state index in [9.17, 15) is 9.18 Å². The summed E-state index contributed by atoms with van der Waals surface area (Å²) in [5.41, 5.74) is 5.86. The number of halogens is 1. The Morgan fingerprint density at radius 1 is 1.64 bits per heavy atom. The summed E-state index contributed by atoms with van der Waals surface area (Å²) in [5, 5.41) is 8.80. The summed E-state index contributed by atoms with van der Waals surface area (Å²) in [6.45, 7) is 1.49. The first-order valence-electron chi connectivity index (χ1n) is 4.25. The zero-order valence-corrected chi connectivity index (χ0v) is 7.83. The zero-order chi connectivity index (χ0) is 10.7. The van der Waals surface area contributed by atoms with Crippen LogP contribution in [0.4, 0.5) is 4.39 Å². The number of carbonyl (C=O) groups is 1. The molecule has 4 heteroatoms. The molecule has 0 saturated heterocycles. The van der Waals surface area contributed by atoms with Crippen LogP contribution in [0.2, 0.25) is 0 Å². The van der Waals surface area contributed by atoms with Crippen LogP contribution in [0.3, 0.4) is 0 Å². The van der Waals surface area contributed by atoms with E-state index in [1.54, 1.807) is 19.1 Å². The van der Waals surface area contributed by atoms with E-state index < -0.39 is 17.7 Å². The van der Waals surface area contributed by atoms with E-state index in [0.717, 1.165) is 0 Å². The number of benzene rings is 1. The Balaban J connectivity index is 3.16. The van der Waals surface area contributed by atoms with Gasteiger partial charge in [-0.1, -0.05) is 18.2 Å². The van der Waals surface area contributed by atoms with Gasteiger partial charge in [-0.3, -0.25) is 4.79 Å². The summed E-state index contributed by atoms with van der Waals surface area (Å²) in [7, 11) is 0. The monoisotopic (exact) mass is 197 g/mol. The molecule has 0 heterocycles. The molecule has 0 aliphatic rings. The largest absolute Gasteiger partial charge is 0.481 e. The van der Waals surface area contributed by atoms with Gasteiger partial charge in [-0.15, -0.1) is 0 Å². The molecular formula is C10H12FNO2. The number of hydrogen-bond donors (Lipinski definition) is 2. The van der Waals surface area contributed by atoms with E-state index in [1.807, 2.05) is 0 Å². The Morgan fingerprint density at radius 2 is 2.29 bits per heavy atom. The highest BCUT2D eigenvalue weighted by Crippen LogP contribution is 2.20. The van der Waals surface area contributed by atoms with E-state index in [4.69, 9.17) is 10.8 Å². The first kappa shape index (κ1) is 10.7. The molecule has 0 spiro atoms. The zero-order valence-electron chi connectivity index (χ0n) is 7.83. The molecule has 3 nitrogen and oxygen atoms in total. The minimum atomic E-state index is -1.10. The maximum atomic E-state index is 13.5. The average Bonchev–Trinajstić information content (AvgIpc) is 2.13. The van der Waals surface area contributed by atoms with Gasteiger partial charge in [0.15, 0.2) is 0 Å². The highest BCUT2D eigenvalue weighted by molar-refractivity contribution is 5.76. The molecule has 0 fully saturated rings. The minimum Gasteiger partial charge on any atom is -0.481 e. The van der Waals surface area contributed by atoms with Gasteiger partial charge in [0.2, 0.25) is 0 Å². The fraction of sp³-hybridized carbons (Fsp3) is 0.300. The van der Waals surface area contributed by atoms with Gasteiger partial charge in [-0.2, -0.15) is 0 Å². The molecule has 1 unspecified atom stereocenters. The SMILES string of the molecule is Cc1cccc(C(CN)C(=O)O)c1F. The van der Waals surface area contributed by atoms with Crippen molar-refractivity contribution < 1.29 is 14.3 Å². The number of aliphatic carboxylic acids is 1. The summed E-state index contributed by atoms with van der Waals surface area (Å²) in [4.78, 5) is 10.7. The van der Waals surface area contributed by atoms with Crippen LogP contribution >= 0.6 is 0 Å². The van der Waals surface area contributed by atoms with Gasteiger partial charge in [0, 0.05) is 12.1 Å². The maximum Gasteiger partial charge on any atom is 0.312 e. The van der Waals surface area contributed by atoms with E-state index in [1.165, 1.54) is 6.07 Å². The molecule has 1 atom stereocenters. The van der Waals surface area contributed by atoms with Gasteiger partial charge >= 0.3 is 5.97 Å². The second-order valence-electron chi connectivity index (χ2n) is 3.10. The third-order valence-electron chi connectivity index (χ3n) is 2.13. The molecule has 0 aliphatic heterocycles. The molecular weight excluding hydrogens is 185 g/mol. The molecule has 0 aromatic heterocycles. The summed E-state index contributed by atoms with van der Waals surface area (Å²) in [6.07, 6.45) is 0. The van der Waals surface area contributed by atoms with Crippen LogP contribution in [0.25, 0.3) is 0 Å². The Hall–Kier alpha value is -1.42. The van der Waals surface area contributed by atoms with E-state index in [-0.39, 0.29) is 12.1 Å². The van der Waals surface area contributed by atoms with Crippen molar-refractivity contribution in [2.75, 3.05) is 6.54 Å². The summed E-state index contributed by atoms with van der Waals surface area (Å²) < 4.78 is 13.5. The number of aryl methyl sites for hydroxylation is 1. The van der Waals surface area contributed by atoms with E-state index >= 15 is 0 Å². The van der Waals surface area contributed by atoms with Crippen LogP contribution in [0.15, 0.2) is 18.2 Å². The normalized spacial score (nSPS) is 12.5. The fourth-order valence-electron chi connectivity index (χ4n) is 1.30. The number of nitrogens with two attached hydrogens (primary N) is 1. The minimum absolute atomic E-state index is 0.101. The van der Waals surface area contributed by atoms with Crippen molar-refractivity contribution in [1.82, 2.24) is 0 Å². The van der Waals surface area contributed by atoms with Crippen LogP contribution in [0, 0.1) is 12.7 Å². The summed E-state index contributed by atoms with van der Waals surface area (Å²) in [6, 6.07) is 4.67. The quantitative estimate of drug-likeness (QED) is 0.766. The van der Waals surface area contributed by atoms with Crippen molar-refractivity contribution in [3.8, 4) is 0 Å². The van der Waals surface area contributed by atoms with E-state index in [0.29, 0.717) is 5.56 Å². The van der Waals surface area contributed by atoms with Crippen LogP contribution in [-0.2, 0) is 4.79 Å².